The molecule has 3 N–H and O–H groups in total. The molecule has 0 aliphatic heterocycles. The van der Waals surface area contributed by atoms with E-state index in [4.69, 9.17) is 5.26 Å². The van der Waals surface area contributed by atoms with Gasteiger partial charge in [-0.15, -0.1) is 0 Å². The van der Waals surface area contributed by atoms with Crippen LogP contribution in [0.4, 0.5) is 17.8 Å². The zero-order valence-corrected chi connectivity index (χ0v) is 13.0. The number of rotatable bonds is 7. The van der Waals surface area contributed by atoms with E-state index in [2.05, 4.69) is 42.2 Å². The first kappa shape index (κ1) is 16.2. The van der Waals surface area contributed by atoms with Crippen LogP contribution in [0.3, 0.4) is 0 Å². The molecule has 8 heteroatoms. The molecule has 23 heavy (non-hydrogen) atoms. The van der Waals surface area contributed by atoms with Crippen LogP contribution in [-0.2, 0) is 0 Å². The number of nitrogens with zero attached hydrogens (tertiary/aromatic N) is 5. The summed E-state index contributed by atoms with van der Waals surface area (Å²) < 4.78 is 0. The van der Waals surface area contributed by atoms with Crippen LogP contribution in [0.25, 0.3) is 0 Å². The predicted molar refractivity (Wildman–Crippen MR) is 90.5 cm³/mol. The number of aromatic nitrogens is 3. The maximum Gasteiger partial charge on any atom is 0.250 e. The molecule has 0 atom stereocenters. The van der Waals surface area contributed by atoms with E-state index in [1.54, 1.807) is 18.3 Å². The summed E-state index contributed by atoms with van der Waals surface area (Å²) in [5, 5.41) is 19.0. The molecule has 0 spiro atoms. The molecule has 2 rings (SSSR count). The van der Waals surface area contributed by atoms with Crippen LogP contribution in [0.5, 0.6) is 0 Å². The number of hydrazone groups is 1. The third-order valence-corrected chi connectivity index (χ3v) is 2.72. The van der Waals surface area contributed by atoms with Crippen LogP contribution in [-0.4, -0.2) is 34.3 Å². The Kier molecular flexibility index (Phi) is 5.82. The summed E-state index contributed by atoms with van der Waals surface area (Å²) in [6.07, 6.45) is 1.63. The zero-order valence-electron chi connectivity index (χ0n) is 13.0. The Hall–Kier alpha value is -3.21. The van der Waals surface area contributed by atoms with Crippen LogP contribution >= 0.6 is 0 Å². The molecular formula is C15H18N8. The Morgan fingerprint density at radius 2 is 1.57 bits per heavy atom. The van der Waals surface area contributed by atoms with Crippen molar-refractivity contribution >= 4 is 24.1 Å². The Labute approximate surface area is 134 Å². The van der Waals surface area contributed by atoms with Crippen LogP contribution in [0.15, 0.2) is 29.4 Å². The molecule has 0 fully saturated rings. The molecule has 1 heterocycles. The first-order valence-corrected chi connectivity index (χ1v) is 7.28. The molecule has 0 aliphatic carbocycles. The standard InChI is InChI=1S/C15H18N8/c1-3-17-13-20-14(18-4-2)22-15(21-13)23-19-10-12-7-5-11(9-16)6-8-12/h5-8,10H,3-4H2,1-2H3,(H3,17,18,20,21,22,23)/b19-10+. The lowest BCUT2D eigenvalue weighted by molar-refractivity contribution is 0.992. The number of hydrogen-bond acceptors (Lipinski definition) is 8. The molecule has 0 bridgehead atoms. The topological polar surface area (TPSA) is 111 Å². The fourth-order valence-corrected chi connectivity index (χ4v) is 1.71. The highest BCUT2D eigenvalue weighted by Crippen LogP contribution is 2.09. The molecular weight excluding hydrogens is 292 g/mol. The Bertz CT molecular complexity index is 678. The van der Waals surface area contributed by atoms with Crippen molar-refractivity contribution in [1.82, 2.24) is 15.0 Å². The zero-order chi connectivity index (χ0) is 16.5. The number of nitriles is 1. The molecule has 2 aromatic rings. The molecule has 8 nitrogen and oxygen atoms in total. The van der Waals surface area contributed by atoms with Crippen molar-refractivity contribution in [3.8, 4) is 6.07 Å². The second-order valence-electron chi connectivity index (χ2n) is 4.47. The van der Waals surface area contributed by atoms with Gasteiger partial charge in [0.1, 0.15) is 0 Å². The van der Waals surface area contributed by atoms with Crippen molar-refractivity contribution in [2.45, 2.75) is 13.8 Å². The Balaban J connectivity index is 2.08. The highest BCUT2D eigenvalue weighted by molar-refractivity contribution is 5.80. The molecule has 118 valence electrons. The van der Waals surface area contributed by atoms with Crippen LogP contribution in [0, 0.1) is 11.3 Å². The van der Waals surface area contributed by atoms with Crippen LogP contribution in [0.1, 0.15) is 25.0 Å². The smallest absolute Gasteiger partial charge is 0.250 e. The fourth-order valence-electron chi connectivity index (χ4n) is 1.71. The van der Waals surface area contributed by atoms with E-state index in [1.165, 1.54) is 0 Å². The quantitative estimate of drug-likeness (QED) is 0.530. The van der Waals surface area contributed by atoms with Gasteiger partial charge in [-0.25, -0.2) is 5.43 Å². The molecule has 0 radical (unpaired) electrons. The van der Waals surface area contributed by atoms with E-state index in [-0.39, 0.29) is 0 Å². The SMILES string of the molecule is CCNc1nc(NCC)nc(N/N=C/c2ccc(C#N)cc2)n1. The number of nitrogens with one attached hydrogen (secondary N) is 3. The van der Waals surface area contributed by atoms with Gasteiger partial charge in [0.25, 0.3) is 0 Å². The monoisotopic (exact) mass is 310 g/mol. The summed E-state index contributed by atoms with van der Waals surface area (Å²) in [4.78, 5) is 12.7. The minimum absolute atomic E-state index is 0.344. The lowest BCUT2D eigenvalue weighted by Crippen LogP contribution is -2.10. The number of hydrogen-bond donors (Lipinski definition) is 3. The van der Waals surface area contributed by atoms with Crippen molar-refractivity contribution in [2.24, 2.45) is 5.10 Å². The van der Waals surface area contributed by atoms with E-state index in [0.717, 1.165) is 5.56 Å². The van der Waals surface area contributed by atoms with Gasteiger partial charge in [-0.1, -0.05) is 12.1 Å². The summed E-state index contributed by atoms with van der Waals surface area (Å²) in [5.74, 6) is 1.31. The van der Waals surface area contributed by atoms with E-state index in [1.807, 2.05) is 26.0 Å². The number of anilines is 3. The van der Waals surface area contributed by atoms with Gasteiger partial charge in [0.2, 0.25) is 17.8 Å². The van der Waals surface area contributed by atoms with Crippen LogP contribution < -0.4 is 16.1 Å². The van der Waals surface area contributed by atoms with Gasteiger partial charge in [-0.05, 0) is 31.5 Å². The van der Waals surface area contributed by atoms with E-state index in [9.17, 15) is 0 Å². The molecule has 0 amide bonds. The first-order chi connectivity index (χ1) is 11.2. The highest BCUT2D eigenvalue weighted by Gasteiger charge is 2.04. The van der Waals surface area contributed by atoms with E-state index < -0.39 is 0 Å². The van der Waals surface area contributed by atoms with Gasteiger partial charge in [-0.2, -0.15) is 25.3 Å². The van der Waals surface area contributed by atoms with Gasteiger partial charge in [0.15, 0.2) is 0 Å². The Morgan fingerprint density at radius 1 is 1.00 bits per heavy atom. The molecule has 0 saturated carbocycles. The van der Waals surface area contributed by atoms with Gasteiger partial charge >= 0.3 is 0 Å². The van der Waals surface area contributed by atoms with Gasteiger partial charge in [0, 0.05) is 13.1 Å². The second kappa shape index (κ2) is 8.29. The summed E-state index contributed by atoms with van der Waals surface area (Å²) >= 11 is 0. The largest absolute Gasteiger partial charge is 0.354 e. The minimum atomic E-state index is 0.344. The molecule has 1 aromatic carbocycles. The highest BCUT2D eigenvalue weighted by atomic mass is 15.4. The van der Waals surface area contributed by atoms with E-state index >= 15 is 0 Å². The van der Waals surface area contributed by atoms with Crippen molar-refractivity contribution in [3.63, 3.8) is 0 Å². The predicted octanol–water partition coefficient (Wildman–Crippen LogP) is 2.05. The third-order valence-electron chi connectivity index (χ3n) is 2.72. The summed E-state index contributed by atoms with van der Waals surface area (Å²) in [6, 6.07) is 9.16. The maximum absolute atomic E-state index is 8.76. The normalized spacial score (nSPS) is 10.3. The summed E-state index contributed by atoms with van der Waals surface area (Å²) in [5.41, 5.74) is 4.26. The average molecular weight is 310 g/mol. The van der Waals surface area contributed by atoms with Gasteiger partial charge < -0.3 is 10.6 Å². The Morgan fingerprint density at radius 3 is 2.09 bits per heavy atom. The van der Waals surface area contributed by atoms with Crippen LogP contribution in [0.2, 0.25) is 0 Å². The minimum Gasteiger partial charge on any atom is -0.354 e. The lowest BCUT2D eigenvalue weighted by atomic mass is 10.2. The van der Waals surface area contributed by atoms with Gasteiger partial charge in [-0.3, -0.25) is 0 Å². The summed E-state index contributed by atoms with van der Waals surface area (Å²) in [7, 11) is 0. The first-order valence-electron chi connectivity index (χ1n) is 7.28. The van der Waals surface area contributed by atoms with E-state index in [0.29, 0.717) is 36.5 Å². The lowest BCUT2D eigenvalue weighted by Gasteiger charge is -2.07. The van der Waals surface area contributed by atoms with Crippen molar-refractivity contribution in [3.05, 3.63) is 35.4 Å². The van der Waals surface area contributed by atoms with Crippen molar-refractivity contribution in [2.75, 3.05) is 29.1 Å². The van der Waals surface area contributed by atoms with Crippen molar-refractivity contribution < 1.29 is 0 Å². The fraction of sp³-hybridized carbons (Fsp3) is 0.267. The molecule has 0 unspecified atom stereocenters. The second-order valence-corrected chi connectivity index (χ2v) is 4.47. The third kappa shape index (κ3) is 4.93. The van der Waals surface area contributed by atoms with Crippen molar-refractivity contribution in [1.29, 1.82) is 5.26 Å². The average Bonchev–Trinajstić information content (AvgIpc) is 2.56. The molecule has 1 aromatic heterocycles. The maximum atomic E-state index is 8.76. The van der Waals surface area contributed by atoms with Gasteiger partial charge in [0.05, 0.1) is 17.8 Å². The number of benzene rings is 1. The molecule has 0 saturated heterocycles. The molecule has 0 aliphatic rings. The summed E-state index contributed by atoms with van der Waals surface area (Å²) in [6.45, 7) is 5.35.